The lowest BCUT2D eigenvalue weighted by Gasteiger charge is -2.15. The molecule has 1 atom stereocenters. The van der Waals surface area contributed by atoms with Crippen LogP contribution in [0.2, 0.25) is 0 Å². The molecule has 0 bridgehead atoms. The SMILES string of the molecule is CCCn1c(SC[C@H](O)COc2ccccc2)nc2ccccc2c1=O. The van der Waals surface area contributed by atoms with E-state index >= 15 is 0 Å². The van der Waals surface area contributed by atoms with E-state index in [0.29, 0.717) is 28.4 Å². The van der Waals surface area contributed by atoms with Gasteiger partial charge in [0.25, 0.3) is 5.56 Å². The van der Waals surface area contributed by atoms with E-state index in [0.717, 1.165) is 12.2 Å². The molecule has 0 saturated carbocycles. The summed E-state index contributed by atoms with van der Waals surface area (Å²) in [6, 6.07) is 16.7. The van der Waals surface area contributed by atoms with Crippen molar-refractivity contribution in [2.24, 2.45) is 0 Å². The summed E-state index contributed by atoms with van der Waals surface area (Å²) in [7, 11) is 0. The summed E-state index contributed by atoms with van der Waals surface area (Å²) in [5, 5.41) is 11.5. The van der Waals surface area contributed by atoms with Gasteiger partial charge in [0.2, 0.25) is 0 Å². The number of hydrogen-bond acceptors (Lipinski definition) is 5. The topological polar surface area (TPSA) is 64.3 Å². The second kappa shape index (κ2) is 8.87. The highest BCUT2D eigenvalue weighted by Gasteiger charge is 2.13. The molecular formula is C20H22N2O3S. The zero-order valence-corrected chi connectivity index (χ0v) is 15.5. The molecule has 6 heteroatoms. The van der Waals surface area contributed by atoms with Gasteiger partial charge in [0.05, 0.1) is 17.0 Å². The number of aliphatic hydroxyl groups is 1. The van der Waals surface area contributed by atoms with E-state index in [4.69, 9.17) is 4.74 Å². The van der Waals surface area contributed by atoms with Gasteiger partial charge >= 0.3 is 0 Å². The van der Waals surface area contributed by atoms with Crippen LogP contribution in [0.15, 0.2) is 64.5 Å². The lowest BCUT2D eigenvalue weighted by molar-refractivity contribution is 0.126. The first kappa shape index (κ1) is 18.5. The van der Waals surface area contributed by atoms with Crippen LogP contribution in [0.1, 0.15) is 13.3 Å². The highest BCUT2D eigenvalue weighted by molar-refractivity contribution is 7.99. The van der Waals surface area contributed by atoms with Crippen LogP contribution in [0.25, 0.3) is 10.9 Å². The van der Waals surface area contributed by atoms with E-state index in [2.05, 4.69) is 4.98 Å². The smallest absolute Gasteiger partial charge is 0.262 e. The van der Waals surface area contributed by atoms with Crippen LogP contribution in [0, 0.1) is 0 Å². The Hall–Kier alpha value is -2.31. The van der Waals surface area contributed by atoms with E-state index in [1.165, 1.54) is 11.8 Å². The van der Waals surface area contributed by atoms with Crippen molar-refractivity contribution < 1.29 is 9.84 Å². The van der Waals surface area contributed by atoms with Crippen molar-refractivity contribution >= 4 is 22.7 Å². The Balaban J connectivity index is 1.71. The molecule has 2 aromatic carbocycles. The van der Waals surface area contributed by atoms with Gasteiger partial charge in [-0.15, -0.1) is 0 Å². The number of rotatable bonds is 8. The molecule has 0 radical (unpaired) electrons. The monoisotopic (exact) mass is 370 g/mol. The summed E-state index contributed by atoms with van der Waals surface area (Å²) in [5.41, 5.74) is 0.650. The molecule has 0 saturated heterocycles. The third-order valence-electron chi connectivity index (χ3n) is 3.86. The number of ether oxygens (including phenoxy) is 1. The number of aromatic nitrogens is 2. The predicted octanol–water partition coefficient (Wildman–Crippen LogP) is 3.34. The molecule has 3 rings (SSSR count). The van der Waals surface area contributed by atoms with Gasteiger partial charge in [-0.3, -0.25) is 9.36 Å². The summed E-state index contributed by atoms with van der Waals surface area (Å²) in [4.78, 5) is 17.3. The van der Waals surface area contributed by atoms with Crippen LogP contribution in [0.4, 0.5) is 0 Å². The maximum atomic E-state index is 12.7. The average Bonchev–Trinajstić information content (AvgIpc) is 2.68. The Morgan fingerprint density at radius 2 is 1.88 bits per heavy atom. The zero-order chi connectivity index (χ0) is 18.4. The van der Waals surface area contributed by atoms with Crippen molar-refractivity contribution in [3.05, 3.63) is 65.0 Å². The van der Waals surface area contributed by atoms with Crippen molar-refractivity contribution in [2.75, 3.05) is 12.4 Å². The Morgan fingerprint density at radius 3 is 2.65 bits per heavy atom. The molecule has 26 heavy (non-hydrogen) atoms. The van der Waals surface area contributed by atoms with E-state index < -0.39 is 6.10 Å². The van der Waals surface area contributed by atoms with Crippen molar-refractivity contribution in [3.8, 4) is 5.75 Å². The first-order chi connectivity index (χ1) is 12.7. The third-order valence-corrected chi connectivity index (χ3v) is 4.99. The average molecular weight is 370 g/mol. The summed E-state index contributed by atoms with van der Waals surface area (Å²) >= 11 is 1.38. The molecule has 1 N–H and O–H groups in total. The number of nitrogens with zero attached hydrogens (tertiary/aromatic N) is 2. The van der Waals surface area contributed by atoms with Gasteiger partial charge in [0, 0.05) is 12.3 Å². The van der Waals surface area contributed by atoms with Gasteiger partial charge in [-0.1, -0.05) is 49.0 Å². The van der Waals surface area contributed by atoms with Crippen LogP contribution < -0.4 is 10.3 Å². The van der Waals surface area contributed by atoms with Gasteiger partial charge in [-0.05, 0) is 30.7 Å². The predicted molar refractivity (Wildman–Crippen MR) is 105 cm³/mol. The first-order valence-electron chi connectivity index (χ1n) is 8.67. The molecule has 0 amide bonds. The van der Waals surface area contributed by atoms with Crippen molar-refractivity contribution in [1.29, 1.82) is 0 Å². The van der Waals surface area contributed by atoms with Crippen molar-refractivity contribution in [3.63, 3.8) is 0 Å². The lowest BCUT2D eigenvalue weighted by Crippen LogP contribution is -2.25. The molecule has 0 aliphatic heterocycles. The maximum Gasteiger partial charge on any atom is 0.262 e. The van der Waals surface area contributed by atoms with Crippen LogP contribution >= 0.6 is 11.8 Å². The number of aliphatic hydroxyl groups excluding tert-OH is 1. The maximum absolute atomic E-state index is 12.7. The Labute approximate surface area is 156 Å². The number of hydrogen-bond donors (Lipinski definition) is 1. The summed E-state index contributed by atoms with van der Waals surface area (Å²) in [5.74, 6) is 1.13. The summed E-state index contributed by atoms with van der Waals surface area (Å²) in [6.07, 6.45) is 0.186. The summed E-state index contributed by atoms with van der Waals surface area (Å²) < 4.78 is 7.27. The van der Waals surface area contributed by atoms with E-state index in [-0.39, 0.29) is 12.2 Å². The molecule has 136 valence electrons. The molecule has 0 spiro atoms. The first-order valence-corrected chi connectivity index (χ1v) is 9.66. The van der Waals surface area contributed by atoms with E-state index in [1.54, 1.807) is 10.6 Å². The fraction of sp³-hybridized carbons (Fsp3) is 0.300. The fourth-order valence-electron chi connectivity index (χ4n) is 2.61. The Bertz CT molecular complexity index is 912. The van der Waals surface area contributed by atoms with Crippen LogP contribution in [-0.4, -0.2) is 33.1 Å². The molecule has 1 aromatic heterocycles. The lowest BCUT2D eigenvalue weighted by atomic mass is 10.2. The summed E-state index contributed by atoms with van der Waals surface area (Å²) in [6.45, 7) is 2.83. The molecule has 5 nitrogen and oxygen atoms in total. The third kappa shape index (κ3) is 4.45. The minimum atomic E-state index is -0.654. The number of thioether (sulfide) groups is 1. The number of fused-ring (bicyclic) bond motifs is 1. The molecular weight excluding hydrogens is 348 g/mol. The Morgan fingerprint density at radius 1 is 1.15 bits per heavy atom. The number of benzene rings is 2. The van der Waals surface area contributed by atoms with Gasteiger partial charge < -0.3 is 9.84 Å². The van der Waals surface area contributed by atoms with Gasteiger partial charge in [-0.2, -0.15) is 0 Å². The highest BCUT2D eigenvalue weighted by Crippen LogP contribution is 2.19. The van der Waals surface area contributed by atoms with Crippen LogP contribution in [0.5, 0.6) is 5.75 Å². The molecule has 0 aliphatic carbocycles. The molecule has 3 aromatic rings. The van der Waals surface area contributed by atoms with Gasteiger partial charge in [0.1, 0.15) is 12.4 Å². The quantitative estimate of drug-likeness (QED) is 0.487. The number of para-hydroxylation sites is 2. The van der Waals surface area contributed by atoms with Gasteiger partial charge in [-0.25, -0.2) is 4.98 Å². The minimum absolute atomic E-state index is 0.0324. The molecule has 0 aliphatic rings. The second-order valence-corrected chi connectivity index (χ2v) is 6.94. The molecule has 1 heterocycles. The fourth-order valence-corrected chi connectivity index (χ4v) is 3.54. The molecule has 0 unspecified atom stereocenters. The minimum Gasteiger partial charge on any atom is -0.491 e. The zero-order valence-electron chi connectivity index (χ0n) is 14.7. The standard InChI is InChI=1S/C20H22N2O3S/c1-2-12-22-19(24)17-10-6-7-11-18(17)21-20(22)26-14-15(23)13-25-16-8-4-3-5-9-16/h3-11,15,23H,2,12-14H2,1H3/t15-/m1/s1. The second-order valence-electron chi connectivity index (χ2n) is 5.96. The van der Waals surface area contributed by atoms with Gasteiger partial charge in [0.15, 0.2) is 5.16 Å². The van der Waals surface area contributed by atoms with Crippen LogP contribution in [0.3, 0.4) is 0 Å². The highest BCUT2D eigenvalue weighted by atomic mass is 32.2. The van der Waals surface area contributed by atoms with Crippen molar-refractivity contribution in [2.45, 2.75) is 31.1 Å². The normalized spacial score (nSPS) is 12.2. The largest absolute Gasteiger partial charge is 0.491 e. The Kier molecular flexibility index (Phi) is 6.30. The van der Waals surface area contributed by atoms with E-state index in [9.17, 15) is 9.90 Å². The molecule has 0 fully saturated rings. The van der Waals surface area contributed by atoms with E-state index in [1.807, 2.05) is 55.5 Å². The van der Waals surface area contributed by atoms with Crippen molar-refractivity contribution in [1.82, 2.24) is 9.55 Å². The van der Waals surface area contributed by atoms with Crippen LogP contribution in [-0.2, 0) is 6.54 Å².